The van der Waals surface area contributed by atoms with Gasteiger partial charge in [0.05, 0.1) is 0 Å². The summed E-state index contributed by atoms with van der Waals surface area (Å²) in [5.41, 5.74) is 2.49. The van der Waals surface area contributed by atoms with Gasteiger partial charge in [-0.1, -0.05) is 32.9 Å². The predicted octanol–water partition coefficient (Wildman–Crippen LogP) is 3.20. The smallest absolute Gasteiger partial charge is 0.120 e. The molecule has 17 heavy (non-hydrogen) atoms. The van der Waals surface area contributed by atoms with Gasteiger partial charge in [0.2, 0.25) is 0 Å². The van der Waals surface area contributed by atoms with Gasteiger partial charge in [-0.3, -0.25) is 4.90 Å². The van der Waals surface area contributed by atoms with Crippen molar-refractivity contribution in [3.63, 3.8) is 0 Å². The summed E-state index contributed by atoms with van der Waals surface area (Å²) in [6.45, 7) is 8.60. The van der Waals surface area contributed by atoms with Crippen molar-refractivity contribution in [1.29, 1.82) is 0 Å². The van der Waals surface area contributed by atoms with Crippen molar-refractivity contribution in [3.05, 3.63) is 29.3 Å². The van der Waals surface area contributed by atoms with E-state index >= 15 is 0 Å². The Morgan fingerprint density at radius 3 is 2.71 bits per heavy atom. The first-order valence-corrected chi connectivity index (χ1v) is 7.25. The molecule has 2 rings (SSSR count). The van der Waals surface area contributed by atoms with Gasteiger partial charge in [0.15, 0.2) is 0 Å². The third-order valence-corrected chi connectivity index (χ3v) is 4.18. The Bertz CT molecular complexity index is 392. The molecule has 1 aromatic rings. The van der Waals surface area contributed by atoms with Crippen LogP contribution < -0.4 is 0 Å². The Kier molecular flexibility index (Phi) is 3.69. The molecule has 0 radical (unpaired) electrons. The molecule has 2 nitrogen and oxygen atoms in total. The van der Waals surface area contributed by atoms with Crippen molar-refractivity contribution in [2.24, 2.45) is 0 Å². The van der Waals surface area contributed by atoms with E-state index in [0.29, 0.717) is 5.75 Å². The van der Waals surface area contributed by atoms with Gasteiger partial charge in [-0.05, 0) is 17.0 Å². The number of aromatic hydroxyl groups is 1. The van der Waals surface area contributed by atoms with Crippen molar-refractivity contribution in [2.45, 2.75) is 32.7 Å². The van der Waals surface area contributed by atoms with Crippen LogP contribution in [-0.2, 0) is 12.0 Å². The third-order valence-electron chi connectivity index (χ3n) is 3.17. The van der Waals surface area contributed by atoms with E-state index in [1.165, 1.54) is 11.3 Å². The average molecular weight is 251 g/mol. The number of rotatable bonds is 2. The fourth-order valence-corrected chi connectivity index (χ4v) is 2.99. The fourth-order valence-electron chi connectivity index (χ4n) is 2.00. The van der Waals surface area contributed by atoms with Gasteiger partial charge < -0.3 is 5.11 Å². The highest BCUT2D eigenvalue weighted by atomic mass is 32.2. The predicted molar refractivity (Wildman–Crippen MR) is 74.5 cm³/mol. The summed E-state index contributed by atoms with van der Waals surface area (Å²) < 4.78 is 0. The summed E-state index contributed by atoms with van der Waals surface area (Å²) in [6.07, 6.45) is 0. The van der Waals surface area contributed by atoms with E-state index < -0.39 is 0 Å². The van der Waals surface area contributed by atoms with Crippen LogP contribution in [0.15, 0.2) is 18.2 Å². The molecule has 3 heteroatoms. The SMILES string of the molecule is CC(C)(C)c1ccc(O)c(CN2CCSC2)c1. The zero-order valence-electron chi connectivity index (χ0n) is 10.9. The maximum Gasteiger partial charge on any atom is 0.120 e. The summed E-state index contributed by atoms with van der Waals surface area (Å²) in [6, 6.07) is 6.01. The second kappa shape index (κ2) is 4.91. The Balaban J connectivity index is 2.20. The van der Waals surface area contributed by atoms with E-state index in [9.17, 15) is 5.11 Å². The van der Waals surface area contributed by atoms with Crippen molar-refractivity contribution in [3.8, 4) is 5.75 Å². The highest BCUT2D eigenvalue weighted by molar-refractivity contribution is 7.99. The maximum absolute atomic E-state index is 9.93. The molecule has 0 saturated carbocycles. The maximum atomic E-state index is 9.93. The molecular weight excluding hydrogens is 230 g/mol. The molecule has 0 bridgehead atoms. The van der Waals surface area contributed by atoms with Gasteiger partial charge >= 0.3 is 0 Å². The molecule has 1 saturated heterocycles. The van der Waals surface area contributed by atoms with E-state index in [1.807, 2.05) is 23.9 Å². The number of hydrogen-bond acceptors (Lipinski definition) is 3. The molecule has 0 atom stereocenters. The molecule has 0 unspecified atom stereocenters. The third kappa shape index (κ3) is 3.17. The normalized spacial score (nSPS) is 17.6. The fraction of sp³-hybridized carbons (Fsp3) is 0.571. The molecule has 1 aromatic carbocycles. The quantitative estimate of drug-likeness (QED) is 0.873. The molecule has 1 heterocycles. The van der Waals surface area contributed by atoms with Gasteiger partial charge in [0, 0.05) is 30.3 Å². The Morgan fingerprint density at radius 2 is 2.12 bits per heavy atom. The number of benzene rings is 1. The van der Waals surface area contributed by atoms with Crippen LogP contribution in [0.4, 0.5) is 0 Å². The number of thioether (sulfide) groups is 1. The van der Waals surface area contributed by atoms with Crippen LogP contribution in [0, 0.1) is 0 Å². The van der Waals surface area contributed by atoms with Crippen molar-refractivity contribution >= 4 is 11.8 Å². The van der Waals surface area contributed by atoms with Crippen LogP contribution in [0.2, 0.25) is 0 Å². The van der Waals surface area contributed by atoms with Crippen LogP contribution >= 0.6 is 11.8 Å². The van der Waals surface area contributed by atoms with E-state index in [-0.39, 0.29) is 5.41 Å². The molecule has 1 aliphatic heterocycles. The molecule has 1 aliphatic rings. The van der Waals surface area contributed by atoms with Crippen molar-refractivity contribution in [2.75, 3.05) is 18.2 Å². The van der Waals surface area contributed by atoms with Crippen LogP contribution in [0.1, 0.15) is 31.9 Å². The van der Waals surface area contributed by atoms with Crippen LogP contribution in [-0.4, -0.2) is 28.2 Å². The van der Waals surface area contributed by atoms with Gasteiger partial charge in [0.25, 0.3) is 0 Å². The molecule has 0 spiro atoms. The Morgan fingerprint density at radius 1 is 1.35 bits per heavy atom. The summed E-state index contributed by atoms with van der Waals surface area (Å²) in [7, 11) is 0. The number of phenols is 1. The van der Waals surface area contributed by atoms with Gasteiger partial charge in [0.1, 0.15) is 5.75 Å². The minimum Gasteiger partial charge on any atom is -0.508 e. The zero-order chi connectivity index (χ0) is 12.5. The minimum atomic E-state index is 0.141. The number of nitrogens with zero attached hydrogens (tertiary/aromatic N) is 1. The van der Waals surface area contributed by atoms with E-state index in [4.69, 9.17) is 0 Å². The molecule has 1 fully saturated rings. The monoisotopic (exact) mass is 251 g/mol. The lowest BCUT2D eigenvalue weighted by Gasteiger charge is -2.22. The average Bonchev–Trinajstić information content (AvgIpc) is 2.72. The summed E-state index contributed by atoms with van der Waals surface area (Å²) in [5, 5.41) is 9.93. The first-order valence-electron chi connectivity index (χ1n) is 6.09. The molecular formula is C14H21NOS. The highest BCUT2D eigenvalue weighted by Crippen LogP contribution is 2.29. The Hall–Kier alpha value is -0.670. The first-order chi connectivity index (χ1) is 7.97. The van der Waals surface area contributed by atoms with E-state index in [1.54, 1.807) is 0 Å². The molecule has 0 aromatic heterocycles. The van der Waals surface area contributed by atoms with Crippen LogP contribution in [0.25, 0.3) is 0 Å². The standard InChI is InChI=1S/C14H21NOS/c1-14(2,3)12-4-5-13(16)11(8-12)9-15-6-7-17-10-15/h4-5,8,16H,6-7,9-10H2,1-3H3. The lowest BCUT2D eigenvalue weighted by atomic mass is 9.86. The van der Waals surface area contributed by atoms with Crippen molar-refractivity contribution in [1.82, 2.24) is 4.90 Å². The lowest BCUT2D eigenvalue weighted by Crippen LogP contribution is -2.19. The lowest BCUT2D eigenvalue weighted by molar-refractivity contribution is 0.339. The first kappa shape index (κ1) is 12.8. The van der Waals surface area contributed by atoms with Crippen LogP contribution in [0.5, 0.6) is 5.75 Å². The molecule has 0 amide bonds. The van der Waals surface area contributed by atoms with Gasteiger partial charge in [-0.2, -0.15) is 0 Å². The zero-order valence-corrected chi connectivity index (χ0v) is 11.7. The molecule has 1 N–H and O–H groups in total. The topological polar surface area (TPSA) is 23.5 Å². The van der Waals surface area contributed by atoms with Crippen LogP contribution in [0.3, 0.4) is 0 Å². The van der Waals surface area contributed by atoms with Gasteiger partial charge in [-0.25, -0.2) is 0 Å². The Labute approximate surface area is 108 Å². The van der Waals surface area contributed by atoms with Gasteiger partial charge in [-0.15, -0.1) is 11.8 Å². The summed E-state index contributed by atoms with van der Waals surface area (Å²) >= 11 is 1.96. The largest absolute Gasteiger partial charge is 0.508 e. The van der Waals surface area contributed by atoms with Crippen molar-refractivity contribution < 1.29 is 5.11 Å². The number of hydrogen-bond donors (Lipinski definition) is 1. The van der Waals surface area contributed by atoms with E-state index in [0.717, 1.165) is 24.5 Å². The molecule has 0 aliphatic carbocycles. The number of phenolic OH excluding ortho intramolecular Hbond substituents is 1. The second-order valence-corrected chi connectivity index (χ2v) is 6.76. The summed E-state index contributed by atoms with van der Waals surface area (Å²) in [4.78, 5) is 2.38. The summed E-state index contributed by atoms with van der Waals surface area (Å²) in [5.74, 6) is 2.72. The molecule has 94 valence electrons. The second-order valence-electron chi connectivity index (χ2n) is 5.68. The van der Waals surface area contributed by atoms with E-state index in [2.05, 4.69) is 31.7 Å². The minimum absolute atomic E-state index is 0.141. The highest BCUT2D eigenvalue weighted by Gasteiger charge is 2.18.